The van der Waals surface area contributed by atoms with E-state index in [4.69, 9.17) is 9.79 Å². The van der Waals surface area contributed by atoms with Crippen molar-refractivity contribution in [3.8, 4) is 5.88 Å². The zero-order valence-corrected chi connectivity index (χ0v) is 11.8. The van der Waals surface area contributed by atoms with E-state index in [1.807, 2.05) is 10.8 Å². The van der Waals surface area contributed by atoms with Crippen LogP contribution in [0.4, 0.5) is 0 Å². The standard InChI is InChI=1S/C14H13N2O4P/c17-14-12-6-8-16(13(12)5-7-15-14)9-10-1-3-11(4-2-10)21(18,19)20/h1-8H,9H2,(H,15,17)(H2,18,19,20). The van der Waals surface area contributed by atoms with E-state index in [9.17, 15) is 9.67 Å². The Morgan fingerprint density at radius 1 is 1.10 bits per heavy atom. The molecule has 0 atom stereocenters. The van der Waals surface area contributed by atoms with Crippen LogP contribution in [0.1, 0.15) is 5.56 Å². The molecule has 0 bridgehead atoms. The molecule has 0 unspecified atom stereocenters. The first kappa shape index (κ1) is 13.8. The minimum atomic E-state index is -4.20. The van der Waals surface area contributed by atoms with E-state index in [-0.39, 0.29) is 11.2 Å². The summed E-state index contributed by atoms with van der Waals surface area (Å²) in [5, 5.41) is 10.3. The van der Waals surface area contributed by atoms with Crippen LogP contribution in [0.25, 0.3) is 10.9 Å². The highest BCUT2D eigenvalue weighted by atomic mass is 31.2. The molecule has 0 aliphatic heterocycles. The van der Waals surface area contributed by atoms with Gasteiger partial charge in [0.15, 0.2) is 0 Å². The number of pyridine rings is 1. The van der Waals surface area contributed by atoms with Crippen molar-refractivity contribution in [3.63, 3.8) is 0 Å². The Hall–Kier alpha value is -2.14. The van der Waals surface area contributed by atoms with Crippen LogP contribution in [0, 0.1) is 0 Å². The SMILES string of the molecule is O=P(O)(O)c1ccc(Cn2ccc3c(O)nccc32)cc1. The fraction of sp³-hybridized carbons (Fsp3) is 0.0714. The van der Waals surface area contributed by atoms with Crippen LogP contribution >= 0.6 is 7.60 Å². The summed E-state index contributed by atoms with van der Waals surface area (Å²) in [6.07, 6.45) is 3.37. The van der Waals surface area contributed by atoms with Gasteiger partial charge in [-0.2, -0.15) is 0 Å². The van der Waals surface area contributed by atoms with E-state index >= 15 is 0 Å². The Morgan fingerprint density at radius 2 is 1.81 bits per heavy atom. The van der Waals surface area contributed by atoms with Gasteiger partial charge >= 0.3 is 7.60 Å². The molecule has 21 heavy (non-hydrogen) atoms. The number of hydrogen-bond donors (Lipinski definition) is 3. The number of rotatable bonds is 3. The first-order valence-corrected chi connectivity index (χ1v) is 7.84. The fourth-order valence-corrected chi connectivity index (χ4v) is 2.78. The van der Waals surface area contributed by atoms with Crippen LogP contribution in [-0.4, -0.2) is 24.4 Å². The summed E-state index contributed by atoms with van der Waals surface area (Å²) in [5.74, 6) is -0.0110. The number of hydrogen-bond acceptors (Lipinski definition) is 3. The Labute approximate surface area is 120 Å². The molecule has 0 saturated heterocycles. The zero-order valence-electron chi connectivity index (χ0n) is 10.9. The largest absolute Gasteiger partial charge is 0.493 e. The van der Waals surface area contributed by atoms with Gasteiger partial charge in [0.2, 0.25) is 5.88 Å². The molecule has 6 nitrogen and oxygen atoms in total. The quantitative estimate of drug-likeness (QED) is 0.639. The van der Waals surface area contributed by atoms with E-state index in [0.29, 0.717) is 11.9 Å². The van der Waals surface area contributed by atoms with Crippen molar-refractivity contribution >= 4 is 23.8 Å². The van der Waals surface area contributed by atoms with Crippen LogP contribution in [0.3, 0.4) is 0 Å². The second-order valence-electron chi connectivity index (χ2n) is 4.72. The predicted molar refractivity (Wildman–Crippen MR) is 78.6 cm³/mol. The number of aromatic hydroxyl groups is 1. The van der Waals surface area contributed by atoms with E-state index in [2.05, 4.69) is 4.98 Å². The lowest BCUT2D eigenvalue weighted by Crippen LogP contribution is -2.05. The van der Waals surface area contributed by atoms with Gasteiger partial charge < -0.3 is 19.5 Å². The number of aromatic nitrogens is 2. The molecule has 7 heteroatoms. The molecule has 0 spiro atoms. The summed E-state index contributed by atoms with van der Waals surface area (Å²) in [6, 6.07) is 9.81. The lowest BCUT2D eigenvalue weighted by molar-refractivity contribution is 0.387. The van der Waals surface area contributed by atoms with E-state index in [1.165, 1.54) is 18.3 Å². The molecular weight excluding hydrogens is 291 g/mol. The monoisotopic (exact) mass is 304 g/mol. The predicted octanol–water partition coefficient (Wildman–Crippen LogP) is 1.59. The lowest BCUT2D eigenvalue weighted by atomic mass is 10.2. The highest BCUT2D eigenvalue weighted by Gasteiger charge is 2.16. The number of fused-ring (bicyclic) bond motifs is 1. The van der Waals surface area contributed by atoms with Gasteiger partial charge in [-0.15, -0.1) is 0 Å². The minimum absolute atomic E-state index is 0.00505. The molecule has 2 heterocycles. The molecule has 0 aliphatic rings. The van der Waals surface area contributed by atoms with E-state index in [0.717, 1.165) is 11.1 Å². The summed E-state index contributed by atoms with van der Waals surface area (Å²) in [6.45, 7) is 0.536. The minimum Gasteiger partial charge on any atom is -0.493 e. The van der Waals surface area contributed by atoms with Gasteiger partial charge in [-0.3, -0.25) is 4.57 Å². The van der Waals surface area contributed by atoms with Crippen molar-refractivity contribution in [2.75, 3.05) is 0 Å². The Bertz CT molecular complexity index is 836. The molecule has 108 valence electrons. The van der Waals surface area contributed by atoms with Crippen LogP contribution in [0.5, 0.6) is 5.88 Å². The molecule has 1 aromatic carbocycles. The molecule has 3 rings (SSSR count). The molecule has 2 aromatic heterocycles. The smallest absolute Gasteiger partial charge is 0.356 e. The van der Waals surface area contributed by atoms with Gasteiger partial charge in [0.05, 0.1) is 16.2 Å². The van der Waals surface area contributed by atoms with Crippen molar-refractivity contribution in [1.29, 1.82) is 0 Å². The van der Waals surface area contributed by atoms with Crippen molar-refractivity contribution in [2.45, 2.75) is 6.54 Å². The first-order chi connectivity index (χ1) is 9.95. The maximum Gasteiger partial charge on any atom is 0.356 e. The highest BCUT2D eigenvalue weighted by molar-refractivity contribution is 7.60. The highest BCUT2D eigenvalue weighted by Crippen LogP contribution is 2.33. The van der Waals surface area contributed by atoms with Crippen molar-refractivity contribution in [3.05, 3.63) is 54.4 Å². The molecule has 3 aromatic rings. The maximum absolute atomic E-state index is 11.1. The number of benzene rings is 1. The van der Waals surface area contributed by atoms with Crippen molar-refractivity contribution in [2.24, 2.45) is 0 Å². The summed E-state index contributed by atoms with van der Waals surface area (Å²) < 4.78 is 13.1. The molecule has 0 aliphatic carbocycles. The molecule has 0 saturated carbocycles. The lowest BCUT2D eigenvalue weighted by Gasteiger charge is -2.08. The van der Waals surface area contributed by atoms with E-state index in [1.54, 1.807) is 24.3 Å². The second-order valence-corrected chi connectivity index (χ2v) is 6.33. The van der Waals surface area contributed by atoms with Gasteiger partial charge in [-0.05, 0) is 29.8 Å². The second kappa shape index (κ2) is 5.00. The maximum atomic E-state index is 11.1. The third kappa shape index (κ3) is 2.69. The summed E-state index contributed by atoms with van der Waals surface area (Å²) in [7, 11) is -4.20. The first-order valence-electron chi connectivity index (χ1n) is 6.23. The van der Waals surface area contributed by atoms with Crippen molar-refractivity contribution < 1.29 is 19.5 Å². The topological polar surface area (TPSA) is 95.6 Å². The van der Waals surface area contributed by atoms with Crippen LogP contribution in [0.15, 0.2) is 48.8 Å². The van der Waals surface area contributed by atoms with Gasteiger partial charge in [0.25, 0.3) is 0 Å². The van der Waals surface area contributed by atoms with Crippen LogP contribution < -0.4 is 5.30 Å². The molecule has 0 radical (unpaired) electrons. The zero-order chi connectivity index (χ0) is 15.0. The normalized spacial score (nSPS) is 11.9. The van der Waals surface area contributed by atoms with Crippen LogP contribution in [0.2, 0.25) is 0 Å². The molecule has 0 fully saturated rings. The van der Waals surface area contributed by atoms with Crippen molar-refractivity contribution in [1.82, 2.24) is 9.55 Å². The third-order valence-electron chi connectivity index (χ3n) is 3.30. The van der Waals surface area contributed by atoms with E-state index < -0.39 is 7.60 Å². The number of nitrogens with zero attached hydrogens (tertiary/aromatic N) is 2. The van der Waals surface area contributed by atoms with Gasteiger partial charge in [0.1, 0.15) is 0 Å². The molecule has 3 N–H and O–H groups in total. The summed E-state index contributed by atoms with van der Waals surface area (Å²) in [4.78, 5) is 22.0. The average molecular weight is 304 g/mol. The third-order valence-corrected chi connectivity index (χ3v) is 4.27. The molecular formula is C14H13N2O4P. The van der Waals surface area contributed by atoms with Gasteiger partial charge in [-0.25, -0.2) is 4.98 Å². The van der Waals surface area contributed by atoms with Crippen LogP contribution in [-0.2, 0) is 11.1 Å². The molecule has 0 amide bonds. The summed E-state index contributed by atoms with van der Waals surface area (Å²) >= 11 is 0. The summed E-state index contributed by atoms with van der Waals surface area (Å²) in [5.41, 5.74) is 1.75. The van der Waals surface area contributed by atoms with Gasteiger partial charge in [0, 0.05) is 18.9 Å². The Kier molecular flexibility index (Phi) is 3.29. The Morgan fingerprint density at radius 3 is 2.48 bits per heavy atom. The van der Waals surface area contributed by atoms with Gasteiger partial charge in [-0.1, -0.05) is 12.1 Å². The Balaban J connectivity index is 1.92. The fourth-order valence-electron chi connectivity index (χ4n) is 2.24. The average Bonchev–Trinajstić information content (AvgIpc) is 2.83.